The van der Waals surface area contributed by atoms with Crippen molar-refractivity contribution in [1.82, 2.24) is 19.4 Å². The van der Waals surface area contributed by atoms with Crippen LogP contribution in [-0.2, 0) is 13.1 Å². The first-order valence-electron chi connectivity index (χ1n) is 9.66. The summed E-state index contributed by atoms with van der Waals surface area (Å²) in [5.74, 6) is -0.126. The molecular formula is C23H23ClN4O. The predicted molar refractivity (Wildman–Crippen MR) is 117 cm³/mol. The van der Waals surface area contributed by atoms with E-state index in [4.69, 9.17) is 11.6 Å². The van der Waals surface area contributed by atoms with Gasteiger partial charge in [-0.05, 0) is 74.3 Å². The monoisotopic (exact) mass is 406 g/mol. The number of carbonyl (C=O) groups is 1. The molecule has 0 bridgehead atoms. The van der Waals surface area contributed by atoms with Crippen molar-refractivity contribution in [2.24, 2.45) is 0 Å². The molecule has 0 radical (unpaired) electrons. The zero-order chi connectivity index (χ0) is 20.5. The fourth-order valence-electron chi connectivity index (χ4n) is 3.80. The minimum absolute atomic E-state index is 0.126. The molecule has 4 rings (SSSR count). The Balaban J connectivity index is 1.54. The highest BCUT2D eigenvalue weighted by molar-refractivity contribution is 6.29. The second-order valence-electron chi connectivity index (χ2n) is 7.08. The van der Waals surface area contributed by atoms with Crippen molar-refractivity contribution in [2.45, 2.75) is 33.9 Å². The molecule has 1 N–H and O–H groups in total. The second kappa shape index (κ2) is 7.76. The van der Waals surface area contributed by atoms with Crippen molar-refractivity contribution in [3.05, 3.63) is 82.4 Å². The third-order valence-electron chi connectivity index (χ3n) is 5.27. The number of fused-ring (bicyclic) bond motifs is 1. The fourth-order valence-corrected chi connectivity index (χ4v) is 4.10. The topological polar surface area (TPSA) is 51.9 Å². The van der Waals surface area contributed by atoms with Crippen LogP contribution in [0.25, 0.3) is 16.7 Å². The van der Waals surface area contributed by atoms with Crippen LogP contribution in [0.5, 0.6) is 0 Å². The Kier molecular flexibility index (Phi) is 5.16. The molecule has 2 aromatic carbocycles. The summed E-state index contributed by atoms with van der Waals surface area (Å²) in [5, 5.41) is 3.47. The number of nitrogens with zero attached hydrogens (tertiary/aromatic N) is 3. The van der Waals surface area contributed by atoms with E-state index in [2.05, 4.69) is 46.9 Å². The SMILES string of the molecule is CCn1c(Cl)nc2cc(C(=O)NCc3cc(C)n(-c4ccccc4)c3C)ccc21. The average Bonchev–Trinajstić information content (AvgIpc) is 3.20. The average molecular weight is 407 g/mol. The summed E-state index contributed by atoms with van der Waals surface area (Å²) in [5.41, 5.74) is 6.71. The predicted octanol–water partition coefficient (Wildman–Crippen LogP) is 5.05. The Hall–Kier alpha value is -3.05. The van der Waals surface area contributed by atoms with E-state index in [1.54, 1.807) is 6.07 Å². The first-order chi connectivity index (χ1) is 14.0. The number of imidazole rings is 1. The summed E-state index contributed by atoms with van der Waals surface area (Å²) >= 11 is 6.17. The van der Waals surface area contributed by atoms with Gasteiger partial charge in [0.15, 0.2) is 0 Å². The van der Waals surface area contributed by atoms with Crippen molar-refractivity contribution in [2.75, 3.05) is 0 Å². The molecule has 0 spiro atoms. The number of hydrogen-bond donors (Lipinski definition) is 1. The highest BCUT2D eigenvalue weighted by Gasteiger charge is 2.14. The summed E-state index contributed by atoms with van der Waals surface area (Å²) in [7, 11) is 0. The van der Waals surface area contributed by atoms with Crippen molar-refractivity contribution < 1.29 is 4.79 Å². The van der Waals surface area contributed by atoms with Gasteiger partial charge in [-0.3, -0.25) is 4.79 Å². The maximum atomic E-state index is 12.7. The maximum absolute atomic E-state index is 12.7. The van der Waals surface area contributed by atoms with E-state index in [0.29, 0.717) is 17.4 Å². The van der Waals surface area contributed by atoms with Gasteiger partial charge < -0.3 is 14.5 Å². The lowest BCUT2D eigenvalue weighted by atomic mass is 10.1. The summed E-state index contributed by atoms with van der Waals surface area (Å²) in [6.07, 6.45) is 0. The smallest absolute Gasteiger partial charge is 0.251 e. The molecule has 0 aliphatic rings. The lowest BCUT2D eigenvalue weighted by Crippen LogP contribution is -2.23. The summed E-state index contributed by atoms with van der Waals surface area (Å²) < 4.78 is 4.12. The van der Waals surface area contributed by atoms with Crippen molar-refractivity contribution in [3.8, 4) is 5.69 Å². The summed E-state index contributed by atoms with van der Waals surface area (Å²) in [6.45, 7) is 7.37. The Morgan fingerprint density at radius 1 is 1.10 bits per heavy atom. The lowest BCUT2D eigenvalue weighted by molar-refractivity contribution is 0.0951. The van der Waals surface area contributed by atoms with E-state index in [1.165, 1.54) is 0 Å². The Labute approximate surface area is 174 Å². The molecule has 0 saturated heterocycles. The van der Waals surface area contributed by atoms with Crippen LogP contribution in [0.3, 0.4) is 0 Å². The third-order valence-corrected chi connectivity index (χ3v) is 5.56. The van der Waals surface area contributed by atoms with E-state index in [-0.39, 0.29) is 5.91 Å². The highest BCUT2D eigenvalue weighted by atomic mass is 35.5. The van der Waals surface area contributed by atoms with Gasteiger partial charge >= 0.3 is 0 Å². The van der Waals surface area contributed by atoms with Gasteiger partial charge in [-0.25, -0.2) is 4.98 Å². The maximum Gasteiger partial charge on any atom is 0.251 e. The van der Waals surface area contributed by atoms with E-state index in [1.807, 2.05) is 41.8 Å². The van der Waals surface area contributed by atoms with Crippen LogP contribution in [0.15, 0.2) is 54.6 Å². The van der Waals surface area contributed by atoms with Crippen LogP contribution in [0, 0.1) is 13.8 Å². The Morgan fingerprint density at radius 3 is 2.59 bits per heavy atom. The van der Waals surface area contributed by atoms with E-state index in [9.17, 15) is 4.79 Å². The van der Waals surface area contributed by atoms with E-state index < -0.39 is 0 Å². The van der Waals surface area contributed by atoms with Crippen LogP contribution in [-0.4, -0.2) is 20.0 Å². The molecule has 4 aromatic rings. The van der Waals surface area contributed by atoms with Crippen LogP contribution in [0.2, 0.25) is 5.28 Å². The molecule has 29 heavy (non-hydrogen) atoms. The molecule has 148 valence electrons. The number of aromatic nitrogens is 3. The number of benzene rings is 2. The minimum Gasteiger partial charge on any atom is -0.348 e. The molecule has 6 heteroatoms. The molecule has 0 aliphatic heterocycles. The number of carbonyl (C=O) groups excluding carboxylic acids is 1. The first kappa shape index (κ1) is 19.3. The number of nitrogens with one attached hydrogen (secondary N) is 1. The molecule has 1 amide bonds. The molecule has 2 heterocycles. The van der Waals surface area contributed by atoms with Crippen molar-refractivity contribution in [1.29, 1.82) is 0 Å². The molecule has 0 unspecified atom stereocenters. The zero-order valence-corrected chi connectivity index (χ0v) is 17.5. The van der Waals surface area contributed by atoms with Gasteiger partial charge in [0, 0.05) is 35.7 Å². The molecule has 0 saturated carbocycles. The first-order valence-corrected chi connectivity index (χ1v) is 10.0. The molecule has 5 nitrogen and oxygen atoms in total. The molecule has 2 aromatic heterocycles. The van der Waals surface area contributed by atoms with Gasteiger partial charge in [-0.1, -0.05) is 18.2 Å². The lowest BCUT2D eigenvalue weighted by Gasteiger charge is -2.10. The number of amides is 1. The number of hydrogen-bond acceptors (Lipinski definition) is 2. The van der Waals surface area contributed by atoms with Crippen LogP contribution in [0.1, 0.15) is 34.2 Å². The molecule has 0 aliphatic carbocycles. The third kappa shape index (κ3) is 3.54. The van der Waals surface area contributed by atoms with E-state index >= 15 is 0 Å². The highest BCUT2D eigenvalue weighted by Crippen LogP contribution is 2.22. The normalized spacial score (nSPS) is 11.2. The largest absolute Gasteiger partial charge is 0.348 e. The minimum atomic E-state index is -0.126. The van der Waals surface area contributed by atoms with Gasteiger partial charge in [-0.2, -0.15) is 0 Å². The van der Waals surface area contributed by atoms with Crippen molar-refractivity contribution >= 4 is 28.5 Å². The number of aryl methyl sites for hydroxylation is 2. The van der Waals surface area contributed by atoms with Gasteiger partial charge in [-0.15, -0.1) is 0 Å². The molecular weight excluding hydrogens is 384 g/mol. The Bertz CT molecular complexity index is 1190. The van der Waals surface area contributed by atoms with E-state index in [0.717, 1.165) is 40.2 Å². The molecule has 0 atom stereocenters. The number of rotatable bonds is 5. The quantitative estimate of drug-likeness (QED) is 0.504. The van der Waals surface area contributed by atoms with Crippen LogP contribution in [0.4, 0.5) is 0 Å². The van der Waals surface area contributed by atoms with Crippen LogP contribution >= 0.6 is 11.6 Å². The van der Waals surface area contributed by atoms with Crippen molar-refractivity contribution in [3.63, 3.8) is 0 Å². The summed E-state index contributed by atoms with van der Waals surface area (Å²) in [4.78, 5) is 17.1. The molecule has 0 fully saturated rings. The second-order valence-corrected chi connectivity index (χ2v) is 7.42. The van der Waals surface area contributed by atoms with Gasteiger partial charge in [0.25, 0.3) is 5.91 Å². The van der Waals surface area contributed by atoms with Gasteiger partial charge in [0.05, 0.1) is 11.0 Å². The number of halogens is 1. The fraction of sp³-hybridized carbons (Fsp3) is 0.217. The zero-order valence-electron chi connectivity index (χ0n) is 16.7. The van der Waals surface area contributed by atoms with Gasteiger partial charge in [0.2, 0.25) is 5.28 Å². The van der Waals surface area contributed by atoms with Crippen LogP contribution < -0.4 is 5.32 Å². The number of para-hydroxylation sites is 1. The standard InChI is InChI=1S/C23H23ClN4O/c1-4-27-21-11-10-17(13-20(21)26-23(27)24)22(29)25-14-18-12-15(2)28(16(18)3)19-8-6-5-7-9-19/h5-13H,4,14H2,1-3H3,(H,25,29). The summed E-state index contributed by atoms with van der Waals surface area (Å²) in [6, 6.07) is 17.8. The Morgan fingerprint density at radius 2 is 1.86 bits per heavy atom. The van der Waals surface area contributed by atoms with Gasteiger partial charge in [0.1, 0.15) is 0 Å².